The molecule has 1 N–H and O–H groups in total. The second kappa shape index (κ2) is 6.78. The van der Waals surface area contributed by atoms with Crippen molar-refractivity contribution in [3.8, 4) is 0 Å². The highest BCUT2D eigenvalue weighted by atomic mass is 32.2. The summed E-state index contributed by atoms with van der Waals surface area (Å²) >= 11 is 4.04. The van der Waals surface area contributed by atoms with E-state index in [9.17, 15) is 0 Å². The van der Waals surface area contributed by atoms with Gasteiger partial charge in [-0.25, -0.2) is 9.97 Å². The molecule has 18 heavy (non-hydrogen) atoms. The van der Waals surface area contributed by atoms with Crippen LogP contribution < -0.4 is 5.32 Å². The first-order valence-electron chi connectivity index (χ1n) is 6.48. The summed E-state index contributed by atoms with van der Waals surface area (Å²) < 4.78 is 0. The molecule has 2 rings (SSSR count). The van der Waals surface area contributed by atoms with E-state index < -0.39 is 0 Å². The number of nitrogens with one attached hydrogen (secondary N) is 1. The quantitative estimate of drug-likeness (QED) is 0.919. The standard InChI is InChI=1S/C13H21N3S2/c1-4-11-10(7-14-3)8-15-13(16-11)12-9(2)17-5-6-18-12/h8-9,12,14H,4-7H2,1-3H3. The molecule has 2 unspecified atom stereocenters. The minimum absolute atomic E-state index is 0.456. The van der Waals surface area contributed by atoms with Gasteiger partial charge in [0.1, 0.15) is 5.82 Å². The Kier molecular flexibility index (Phi) is 5.33. The van der Waals surface area contributed by atoms with Crippen molar-refractivity contribution in [3.05, 3.63) is 23.3 Å². The van der Waals surface area contributed by atoms with E-state index in [2.05, 4.69) is 24.1 Å². The van der Waals surface area contributed by atoms with Gasteiger partial charge in [0.15, 0.2) is 0 Å². The number of hydrogen-bond acceptors (Lipinski definition) is 5. The Morgan fingerprint density at radius 1 is 1.39 bits per heavy atom. The smallest absolute Gasteiger partial charge is 0.142 e. The summed E-state index contributed by atoms with van der Waals surface area (Å²) in [5, 5.41) is 4.25. The Hall–Kier alpha value is -0.260. The summed E-state index contributed by atoms with van der Waals surface area (Å²) in [5.41, 5.74) is 2.42. The van der Waals surface area contributed by atoms with Gasteiger partial charge in [0.25, 0.3) is 0 Å². The lowest BCUT2D eigenvalue weighted by Crippen LogP contribution is -2.19. The maximum atomic E-state index is 4.80. The summed E-state index contributed by atoms with van der Waals surface area (Å²) in [7, 11) is 1.96. The minimum Gasteiger partial charge on any atom is -0.316 e. The second-order valence-electron chi connectivity index (χ2n) is 4.45. The van der Waals surface area contributed by atoms with Crippen molar-refractivity contribution in [2.45, 2.75) is 37.3 Å². The van der Waals surface area contributed by atoms with Crippen LogP contribution >= 0.6 is 23.5 Å². The fourth-order valence-corrected chi connectivity index (χ4v) is 4.85. The van der Waals surface area contributed by atoms with E-state index in [0.717, 1.165) is 18.8 Å². The monoisotopic (exact) mass is 283 g/mol. The molecule has 0 amide bonds. The highest BCUT2D eigenvalue weighted by molar-refractivity contribution is 8.06. The predicted octanol–water partition coefficient (Wildman–Crippen LogP) is 2.67. The third kappa shape index (κ3) is 3.19. The van der Waals surface area contributed by atoms with Crippen molar-refractivity contribution in [3.63, 3.8) is 0 Å². The van der Waals surface area contributed by atoms with Crippen molar-refractivity contribution in [1.29, 1.82) is 0 Å². The summed E-state index contributed by atoms with van der Waals surface area (Å²) in [5.74, 6) is 3.49. The van der Waals surface area contributed by atoms with Gasteiger partial charge in [-0.15, -0.1) is 11.8 Å². The topological polar surface area (TPSA) is 37.8 Å². The number of rotatable bonds is 4. The Morgan fingerprint density at radius 3 is 2.83 bits per heavy atom. The summed E-state index contributed by atoms with van der Waals surface area (Å²) in [6.45, 7) is 5.31. The zero-order valence-corrected chi connectivity index (χ0v) is 12.9. The molecule has 1 aromatic rings. The molecule has 0 spiro atoms. The van der Waals surface area contributed by atoms with Crippen molar-refractivity contribution in [1.82, 2.24) is 15.3 Å². The average Bonchev–Trinajstić information content (AvgIpc) is 2.40. The minimum atomic E-state index is 0.456. The molecular formula is C13H21N3S2. The zero-order chi connectivity index (χ0) is 13.0. The molecule has 1 aromatic heterocycles. The highest BCUT2D eigenvalue weighted by Crippen LogP contribution is 2.40. The molecule has 0 saturated carbocycles. The van der Waals surface area contributed by atoms with Gasteiger partial charge in [-0.1, -0.05) is 13.8 Å². The molecule has 2 heterocycles. The summed E-state index contributed by atoms with van der Waals surface area (Å²) in [4.78, 5) is 9.39. The molecule has 2 atom stereocenters. The first kappa shape index (κ1) is 14.2. The van der Waals surface area contributed by atoms with Crippen LogP contribution in [0.15, 0.2) is 6.20 Å². The lowest BCUT2D eigenvalue weighted by Gasteiger charge is -2.27. The maximum Gasteiger partial charge on any atom is 0.142 e. The van der Waals surface area contributed by atoms with Crippen LogP contribution in [0.25, 0.3) is 0 Å². The predicted molar refractivity (Wildman–Crippen MR) is 81.3 cm³/mol. The van der Waals surface area contributed by atoms with Gasteiger partial charge < -0.3 is 5.32 Å². The Bertz CT molecular complexity index is 398. The first-order valence-corrected chi connectivity index (χ1v) is 8.58. The number of nitrogens with zero attached hydrogens (tertiary/aromatic N) is 2. The molecular weight excluding hydrogens is 262 g/mol. The van der Waals surface area contributed by atoms with Crippen LogP contribution in [0, 0.1) is 0 Å². The number of aromatic nitrogens is 2. The van der Waals surface area contributed by atoms with E-state index in [1.54, 1.807) is 0 Å². The van der Waals surface area contributed by atoms with E-state index in [0.29, 0.717) is 10.5 Å². The van der Waals surface area contributed by atoms with Gasteiger partial charge in [-0.05, 0) is 13.5 Å². The van der Waals surface area contributed by atoms with E-state index in [-0.39, 0.29) is 0 Å². The zero-order valence-electron chi connectivity index (χ0n) is 11.3. The molecule has 1 saturated heterocycles. The van der Waals surface area contributed by atoms with E-state index in [4.69, 9.17) is 4.98 Å². The molecule has 0 aliphatic carbocycles. The van der Waals surface area contributed by atoms with E-state index >= 15 is 0 Å². The number of thioether (sulfide) groups is 2. The molecule has 0 bridgehead atoms. The van der Waals surface area contributed by atoms with Gasteiger partial charge in [0, 0.05) is 40.8 Å². The largest absolute Gasteiger partial charge is 0.316 e. The Balaban J connectivity index is 2.23. The Morgan fingerprint density at radius 2 is 2.17 bits per heavy atom. The van der Waals surface area contributed by atoms with Crippen LogP contribution in [0.5, 0.6) is 0 Å². The second-order valence-corrected chi connectivity index (χ2v) is 7.19. The van der Waals surface area contributed by atoms with Crippen LogP contribution in [0.4, 0.5) is 0 Å². The van der Waals surface area contributed by atoms with Crippen molar-refractivity contribution in [2.24, 2.45) is 0 Å². The summed E-state index contributed by atoms with van der Waals surface area (Å²) in [6.07, 6.45) is 2.98. The summed E-state index contributed by atoms with van der Waals surface area (Å²) in [6, 6.07) is 0. The van der Waals surface area contributed by atoms with Crippen LogP contribution in [-0.2, 0) is 13.0 Å². The van der Waals surface area contributed by atoms with Crippen LogP contribution in [-0.4, -0.2) is 33.8 Å². The maximum absolute atomic E-state index is 4.80. The molecule has 1 fully saturated rings. The number of hydrogen-bond donors (Lipinski definition) is 1. The van der Waals surface area contributed by atoms with Crippen molar-refractivity contribution < 1.29 is 0 Å². The molecule has 3 nitrogen and oxygen atoms in total. The SMILES string of the molecule is CCc1nc(C2SCCSC2C)ncc1CNC. The fourth-order valence-electron chi connectivity index (χ4n) is 2.16. The number of aryl methyl sites for hydroxylation is 1. The average molecular weight is 283 g/mol. The van der Waals surface area contributed by atoms with Gasteiger partial charge in [0.05, 0.1) is 5.25 Å². The van der Waals surface area contributed by atoms with Gasteiger partial charge in [0.2, 0.25) is 0 Å². The lowest BCUT2D eigenvalue weighted by atomic mass is 10.2. The Labute approximate surface area is 118 Å². The van der Waals surface area contributed by atoms with E-state index in [1.165, 1.54) is 22.8 Å². The third-order valence-corrected chi connectivity index (χ3v) is 6.20. The van der Waals surface area contributed by atoms with Gasteiger partial charge in [-0.2, -0.15) is 11.8 Å². The molecule has 100 valence electrons. The van der Waals surface area contributed by atoms with Gasteiger partial charge in [-0.3, -0.25) is 0 Å². The first-order chi connectivity index (χ1) is 8.76. The van der Waals surface area contributed by atoms with Crippen LogP contribution in [0.1, 0.15) is 36.2 Å². The van der Waals surface area contributed by atoms with Crippen LogP contribution in [0.3, 0.4) is 0 Å². The van der Waals surface area contributed by atoms with E-state index in [1.807, 2.05) is 36.8 Å². The lowest BCUT2D eigenvalue weighted by molar-refractivity contribution is 0.752. The fraction of sp³-hybridized carbons (Fsp3) is 0.692. The molecule has 0 aromatic carbocycles. The molecule has 5 heteroatoms. The van der Waals surface area contributed by atoms with Gasteiger partial charge >= 0.3 is 0 Å². The molecule has 1 aliphatic heterocycles. The third-order valence-electron chi connectivity index (χ3n) is 3.12. The molecule has 0 radical (unpaired) electrons. The molecule has 1 aliphatic rings. The highest BCUT2D eigenvalue weighted by Gasteiger charge is 2.26. The van der Waals surface area contributed by atoms with Crippen molar-refractivity contribution in [2.75, 3.05) is 18.6 Å². The van der Waals surface area contributed by atoms with Crippen LogP contribution in [0.2, 0.25) is 0 Å². The normalized spacial score (nSPS) is 24.2. The van der Waals surface area contributed by atoms with Crippen molar-refractivity contribution >= 4 is 23.5 Å².